The average molecular weight is 488 g/mol. The molecule has 0 unspecified atom stereocenters. The van der Waals surface area contributed by atoms with Gasteiger partial charge in [0.25, 0.3) is 5.56 Å². The molecule has 0 bridgehead atoms. The number of ether oxygens (including phenoxy) is 2. The minimum Gasteiger partial charge on any atom is -0.465 e. The number of anilines is 1. The molecule has 2 heterocycles. The van der Waals surface area contributed by atoms with Crippen LogP contribution in [0.25, 0.3) is 10.9 Å². The molecular weight excluding hydrogens is 462 g/mol. The molecule has 1 atom stereocenters. The Kier molecular flexibility index (Phi) is 7.16. The predicted molar refractivity (Wildman–Crippen MR) is 130 cm³/mol. The fraction of sp³-hybridized carbons (Fsp3) is 0.391. The summed E-state index contributed by atoms with van der Waals surface area (Å²) in [7, 11) is 2.92. The van der Waals surface area contributed by atoms with Crippen LogP contribution in [0.4, 0.5) is 5.00 Å². The highest BCUT2D eigenvalue weighted by Gasteiger charge is 2.28. The van der Waals surface area contributed by atoms with Gasteiger partial charge in [-0.3, -0.25) is 14.2 Å². The van der Waals surface area contributed by atoms with Gasteiger partial charge in [-0.15, -0.1) is 11.3 Å². The van der Waals surface area contributed by atoms with Crippen LogP contribution in [0.2, 0.25) is 0 Å². The number of fused-ring (bicyclic) bond motifs is 2. The lowest BCUT2D eigenvalue weighted by atomic mass is 10.1. The number of esters is 1. The standard InChI is InChI=1S/C23H25N3O5S2/c1-13(11-30-2)26-21(28)14-7-4-5-9-16(14)24-23(26)32-12-18(27)25-20-19(22(29)31-3)15-8-6-10-17(15)33-20/h4-5,7,9,13H,6,8,10-12H2,1-3H3,(H,25,27)/t13-/m1/s1. The number of thioether (sulfide) groups is 1. The van der Waals surface area contributed by atoms with Gasteiger partial charge in [0.15, 0.2) is 5.16 Å². The highest BCUT2D eigenvalue weighted by molar-refractivity contribution is 7.99. The minimum absolute atomic E-state index is 0.0354. The van der Waals surface area contributed by atoms with Crippen LogP contribution in [-0.4, -0.2) is 48.0 Å². The Hall–Kier alpha value is -2.69. The lowest BCUT2D eigenvalue weighted by molar-refractivity contribution is -0.113. The lowest BCUT2D eigenvalue weighted by Crippen LogP contribution is -2.29. The Morgan fingerprint density at radius 2 is 2.06 bits per heavy atom. The van der Waals surface area contributed by atoms with Crippen molar-refractivity contribution in [2.45, 2.75) is 37.4 Å². The molecule has 0 aliphatic heterocycles. The summed E-state index contributed by atoms with van der Waals surface area (Å²) in [5.74, 6) is -0.678. The molecule has 174 valence electrons. The van der Waals surface area contributed by atoms with Gasteiger partial charge in [0.2, 0.25) is 5.91 Å². The van der Waals surface area contributed by atoms with E-state index in [1.54, 1.807) is 29.9 Å². The molecule has 0 saturated carbocycles. The number of amides is 1. The fourth-order valence-corrected chi connectivity index (χ4v) is 6.23. The Bertz CT molecular complexity index is 1270. The van der Waals surface area contributed by atoms with Crippen molar-refractivity contribution in [3.8, 4) is 0 Å². The van der Waals surface area contributed by atoms with Gasteiger partial charge in [-0.1, -0.05) is 23.9 Å². The Balaban J connectivity index is 1.58. The third-order valence-electron chi connectivity index (χ3n) is 5.52. The molecule has 1 N–H and O–H groups in total. The summed E-state index contributed by atoms with van der Waals surface area (Å²) in [6.45, 7) is 2.21. The summed E-state index contributed by atoms with van der Waals surface area (Å²) < 4.78 is 11.8. The molecule has 0 radical (unpaired) electrons. The molecule has 1 aliphatic carbocycles. The van der Waals surface area contributed by atoms with Crippen molar-refractivity contribution in [3.05, 3.63) is 50.6 Å². The number of carbonyl (C=O) groups is 2. The third-order valence-corrected chi connectivity index (χ3v) is 7.68. The van der Waals surface area contributed by atoms with Crippen molar-refractivity contribution in [3.63, 3.8) is 0 Å². The first-order chi connectivity index (χ1) is 15.9. The van der Waals surface area contributed by atoms with Gasteiger partial charge in [-0.25, -0.2) is 9.78 Å². The van der Waals surface area contributed by atoms with E-state index in [0.717, 1.165) is 29.7 Å². The number of methoxy groups -OCH3 is 2. The zero-order valence-corrected chi connectivity index (χ0v) is 20.3. The molecule has 0 saturated heterocycles. The zero-order chi connectivity index (χ0) is 23.5. The van der Waals surface area contributed by atoms with Gasteiger partial charge in [0, 0.05) is 12.0 Å². The van der Waals surface area contributed by atoms with Crippen LogP contribution in [0.3, 0.4) is 0 Å². The van der Waals surface area contributed by atoms with Crippen LogP contribution in [0.1, 0.15) is 40.2 Å². The van der Waals surface area contributed by atoms with E-state index in [4.69, 9.17) is 9.47 Å². The summed E-state index contributed by atoms with van der Waals surface area (Å²) in [5.41, 5.74) is 1.85. The molecule has 33 heavy (non-hydrogen) atoms. The first-order valence-corrected chi connectivity index (χ1v) is 12.4. The summed E-state index contributed by atoms with van der Waals surface area (Å²) in [4.78, 5) is 44.0. The largest absolute Gasteiger partial charge is 0.465 e. The van der Waals surface area contributed by atoms with E-state index in [2.05, 4.69) is 10.3 Å². The highest BCUT2D eigenvalue weighted by Crippen LogP contribution is 2.39. The first-order valence-electron chi connectivity index (χ1n) is 10.6. The number of hydrogen-bond acceptors (Lipinski definition) is 8. The second-order valence-corrected chi connectivity index (χ2v) is 9.83. The molecule has 1 amide bonds. The van der Waals surface area contributed by atoms with E-state index in [1.807, 2.05) is 13.0 Å². The van der Waals surface area contributed by atoms with Crippen molar-refractivity contribution in [2.24, 2.45) is 0 Å². The van der Waals surface area contributed by atoms with E-state index in [-0.39, 0.29) is 23.3 Å². The number of hydrogen-bond donors (Lipinski definition) is 1. The van der Waals surface area contributed by atoms with Gasteiger partial charge in [0.05, 0.1) is 42.0 Å². The molecule has 8 nitrogen and oxygen atoms in total. The quantitative estimate of drug-likeness (QED) is 0.294. The van der Waals surface area contributed by atoms with Crippen molar-refractivity contribution in [1.29, 1.82) is 0 Å². The predicted octanol–water partition coefficient (Wildman–Crippen LogP) is 3.67. The van der Waals surface area contributed by atoms with E-state index < -0.39 is 5.97 Å². The normalized spacial score (nSPS) is 13.7. The molecule has 1 aromatic carbocycles. The van der Waals surface area contributed by atoms with E-state index in [0.29, 0.717) is 33.2 Å². The highest BCUT2D eigenvalue weighted by atomic mass is 32.2. The number of nitrogens with one attached hydrogen (secondary N) is 1. The average Bonchev–Trinajstić information content (AvgIpc) is 3.38. The van der Waals surface area contributed by atoms with Gasteiger partial charge in [-0.2, -0.15) is 0 Å². The molecular formula is C23H25N3O5S2. The lowest BCUT2D eigenvalue weighted by Gasteiger charge is -2.18. The van der Waals surface area contributed by atoms with Crippen molar-refractivity contribution in [1.82, 2.24) is 9.55 Å². The molecule has 0 fully saturated rings. The van der Waals surface area contributed by atoms with Crippen molar-refractivity contribution in [2.75, 3.05) is 31.9 Å². The van der Waals surface area contributed by atoms with Crippen LogP contribution in [0, 0.1) is 0 Å². The number of rotatable bonds is 8. The maximum absolute atomic E-state index is 13.1. The molecule has 2 aromatic heterocycles. The summed E-state index contributed by atoms with van der Waals surface area (Å²) in [6, 6.07) is 6.89. The monoisotopic (exact) mass is 487 g/mol. The molecule has 4 rings (SSSR count). The summed E-state index contributed by atoms with van der Waals surface area (Å²) in [5, 5.41) is 4.35. The third kappa shape index (κ3) is 4.68. The molecule has 10 heteroatoms. The van der Waals surface area contributed by atoms with Gasteiger partial charge in [0.1, 0.15) is 5.00 Å². The number of benzene rings is 1. The summed E-state index contributed by atoms with van der Waals surface area (Å²) in [6.07, 6.45) is 2.71. The van der Waals surface area contributed by atoms with Crippen molar-refractivity contribution >= 4 is 50.9 Å². The van der Waals surface area contributed by atoms with Crippen LogP contribution >= 0.6 is 23.1 Å². The van der Waals surface area contributed by atoms with Crippen LogP contribution in [-0.2, 0) is 27.1 Å². The number of thiophene rings is 1. The Morgan fingerprint density at radius 1 is 1.27 bits per heavy atom. The number of carbonyl (C=O) groups excluding carboxylic acids is 2. The fourth-order valence-electron chi connectivity index (χ4n) is 4.03. The maximum atomic E-state index is 13.1. The van der Waals surface area contributed by atoms with Crippen molar-refractivity contribution < 1.29 is 19.1 Å². The Morgan fingerprint density at radius 3 is 2.82 bits per heavy atom. The number of nitrogens with zero attached hydrogens (tertiary/aromatic N) is 2. The maximum Gasteiger partial charge on any atom is 0.341 e. The summed E-state index contributed by atoms with van der Waals surface area (Å²) >= 11 is 2.61. The van der Waals surface area contributed by atoms with E-state index >= 15 is 0 Å². The first kappa shape index (κ1) is 23.5. The number of aromatic nitrogens is 2. The van der Waals surface area contributed by atoms with Crippen LogP contribution < -0.4 is 10.9 Å². The smallest absolute Gasteiger partial charge is 0.341 e. The van der Waals surface area contributed by atoms with Gasteiger partial charge < -0.3 is 14.8 Å². The van der Waals surface area contributed by atoms with Gasteiger partial charge in [-0.05, 0) is 43.9 Å². The van der Waals surface area contributed by atoms with E-state index in [9.17, 15) is 14.4 Å². The number of aryl methyl sites for hydroxylation is 1. The molecule has 1 aliphatic rings. The van der Waals surface area contributed by atoms with Gasteiger partial charge >= 0.3 is 5.97 Å². The zero-order valence-electron chi connectivity index (χ0n) is 18.7. The topological polar surface area (TPSA) is 99.5 Å². The second kappa shape index (κ2) is 10.1. The van der Waals surface area contributed by atoms with Crippen LogP contribution in [0.5, 0.6) is 0 Å². The SMILES string of the molecule is COC[C@@H](C)n1c(SCC(=O)Nc2sc3c(c2C(=O)OC)CCC3)nc2ccccc2c1=O. The van der Waals surface area contributed by atoms with Crippen LogP contribution in [0.15, 0.2) is 34.2 Å². The molecule has 3 aromatic rings. The minimum atomic E-state index is -0.434. The second-order valence-electron chi connectivity index (χ2n) is 7.78. The molecule has 0 spiro atoms. The van der Waals surface area contributed by atoms with E-state index in [1.165, 1.54) is 30.2 Å². The Labute approximate surface area is 199 Å². The number of para-hydroxylation sites is 1.